The van der Waals surface area contributed by atoms with E-state index in [4.69, 9.17) is 4.74 Å². The summed E-state index contributed by atoms with van der Waals surface area (Å²) >= 11 is 0. The fourth-order valence-electron chi connectivity index (χ4n) is 2.29. The van der Waals surface area contributed by atoms with E-state index in [1.807, 2.05) is 44.2 Å². The van der Waals surface area contributed by atoms with Gasteiger partial charge in [0.2, 0.25) is 0 Å². The molecule has 114 valence electrons. The van der Waals surface area contributed by atoms with Crippen molar-refractivity contribution in [3.63, 3.8) is 0 Å². The molecule has 0 amide bonds. The molecule has 0 fully saturated rings. The lowest BCUT2D eigenvalue weighted by molar-refractivity contribution is 0.100. The Morgan fingerprint density at radius 1 is 1.09 bits per heavy atom. The smallest absolute Gasteiger partial charge is 0.168 e. The zero-order valence-electron chi connectivity index (χ0n) is 13.2. The highest BCUT2D eigenvalue weighted by molar-refractivity contribution is 6.09. The number of hydrogen-bond acceptors (Lipinski definition) is 3. The Bertz CT molecular complexity index is 645. The summed E-state index contributed by atoms with van der Waals surface area (Å²) in [5, 5.41) is 0. The number of hydrogen-bond donors (Lipinski definition) is 0. The Labute approximate surface area is 131 Å². The first kappa shape index (κ1) is 16.0. The Morgan fingerprint density at radius 3 is 2.32 bits per heavy atom. The van der Waals surface area contributed by atoms with Crippen molar-refractivity contribution in [1.29, 1.82) is 0 Å². The van der Waals surface area contributed by atoms with Crippen LogP contribution in [0.1, 0.15) is 42.2 Å². The molecule has 2 rings (SSSR count). The van der Waals surface area contributed by atoms with Crippen LogP contribution in [0.5, 0.6) is 5.75 Å². The van der Waals surface area contributed by atoms with Crippen LogP contribution < -0.4 is 4.74 Å². The highest BCUT2D eigenvalue weighted by atomic mass is 16.5. The van der Waals surface area contributed by atoms with Gasteiger partial charge in [-0.25, -0.2) is 0 Å². The Balaban J connectivity index is 2.02. The summed E-state index contributed by atoms with van der Waals surface area (Å²) in [6, 6.07) is 17.3. The lowest BCUT2D eigenvalue weighted by atomic mass is 10.1. The van der Waals surface area contributed by atoms with E-state index in [1.54, 1.807) is 31.4 Å². The Hall–Kier alpha value is -2.42. The molecular weight excluding hydrogens is 274 g/mol. The standard InChI is InChI=1S/C19H21NO2/c1-14(20-15(2)16-7-5-4-6-8-16)13-19(21)17-9-11-18(22-3)12-10-17/h4-12,15H,13H2,1-3H3/t15-/m0/s1. The van der Waals surface area contributed by atoms with Crippen molar-refractivity contribution in [2.45, 2.75) is 26.3 Å². The largest absolute Gasteiger partial charge is 0.497 e. The first-order valence-corrected chi connectivity index (χ1v) is 7.35. The zero-order valence-corrected chi connectivity index (χ0v) is 13.2. The third-order valence-electron chi connectivity index (χ3n) is 3.52. The monoisotopic (exact) mass is 295 g/mol. The molecule has 0 N–H and O–H groups in total. The Kier molecular flexibility index (Phi) is 5.48. The fourth-order valence-corrected chi connectivity index (χ4v) is 2.29. The van der Waals surface area contributed by atoms with Gasteiger partial charge in [-0.05, 0) is 43.7 Å². The molecule has 3 heteroatoms. The fraction of sp³-hybridized carbons (Fsp3) is 0.263. The first-order chi connectivity index (χ1) is 10.6. The zero-order chi connectivity index (χ0) is 15.9. The van der Waals surface area contributed by atoms with Gasteiger partial charge in [0.15, 0.2) is 5.78 Å². The highest BCUT2D eigenvalue weighted by Gasteiger charge is 2.09. The molecule has 3 nitrogen and oxygen atoms in total. The van der Waals surface area contributed by atoms with Gasteiger partial charge < -0.3 is 4.74 Å². The van der Waals surface area contributed by atoms with Gasteiger partial charge in [-0.1, -0.05) is 30.3 Å². The Morgan fingerprint density at radius 2 is 1.73 bits per heavy atom. The van der Waals surface area contributed by atoms with Crippen molar-refractivity contribution in [3.8, 4) is 5.75 Å². The molecule has 0 aliphatic carbocycles. The minimum absolute atomic E-state index is 0.0601. The molecule has 22 heavy (non-hydrogen) atoms. The summed E-state index contributed by atoms with van der Waals surface area (Å²) in [5.41, 5.74) is 2.68. The normalized spacial score (nSPS) is 12.8. The maximum atomic E-state index is 12.3. The average Bonchev–Trinajstić information content (AvgIpc) is 2.55. The second kappa shape index (κ2) is 7.55. The molecule has 0 aromatic heterocycles. The van der Waals surface area contributed by atoms with Gasteiger partial charge in [0, 0.05) is 17.7 Å². The number of methoxy groups -OCH3 is 1. The van der Waals surface area contributed by atoms with E-state index in [1.165, 1.54) is 0 Å². The summed E-state index contributed by atoms with van der Waals surface area (Å²) < 4.78 is 5.10. The molecular formula is C19H21NO2. The van der Waals surface area contributed by atoms with E-state index >= 15 is 0 Å². The average molecular weight is 295 g/mol. The van der Waals surface area contributed by atoms with Crippen molar-refractivity contribution in [3.05, 3.63) is 65.7 Å². The van der Waals surface area contributed by atoms with Crippen molar-refractivity contribution in [2.24, 2.45) is 4.99 Å². The van der Waals surface area contributed by atoms with E-state index in [2.05, 4.69) is 4.99 Å². The van der Waals surface area contributed by atoms with E-state index in [9.17, 15) is 4.79 Å². The third kappa shape index (κ3) is 4.29. The number of aliphatic imine (C=N–C) groups is 1. The number of nitrogens with zero attached hydrogens (tertiary/aromatic N) is 1. The predicted octanol–water partition coefficient (Wildman–Crippen LogP) is 4.49. The van der Waals surface area contributed by atoms with Crippen molar-refractivity contribution in [1.82, 2.24) is 0 Å². The van der Waals surface area contributed by atoms with E-state index < -0.39 is 0 Å². The van der Waals surface area contributed by atoms with Crippen molar-refractivity contribution >= 4 is 11.5 Å². The van der Waals surface area contributed by atoms with Crippen LogP contribution in [0.15, 0.2) is 59.6 Å². The minimum Gasteiger partial charge on any atom is -0.497 e. The number of ether oxygens (including phenoxy) is 1. The summed E-state index contributed by atoms with van der Waals surface area (Å²) in [6.07, 6.45) is 0.337. The number of Topliss-reactive ketones (excluding diaryl/α,β-unsaturated/α-hetero) is 1. The molecule has 0 radical (unpaired) electrons. The summed E-state index contributed by atoms with van der Waals surface area (Å²) in [7, 11) is 1.61. The number of carbonyl (C=O) groups excluding carboxylic acids is 1. The molecule has 2 aromatic carbocycles. The molecule has 0 spiro atoms. The second-order valence-electron chi connectivity index (χ2n) is 5.28. The summed E-state index contributed by atoms with van der Waals surface area (Å²) in [6.45, 7) is 3.94. The molecule has 1 atom stereocenters. The van der Waals surface area contributed by atoms with Gasteiger partial charge in [-0.15, -0.1) is 0 Å². The van der Waals surface area contributed by atoms with Gasteiger partial charge in [0.1, 0.15) is 5.75 Å². The summed E-state index contributed by atoms with van der Waals surface area (Å²) in [4.78, 5) is 16.9. The molecule has 0 unspecified atom stereocenters. The number of benzene rings is 2. The minimum atomic E-state index is 0.0601. The van der Waals surface area contributed by atoms with Crippen LogP contribution in [0.2, 0.25) is 0 Å². The number of rotatable bonds is 6. The van der Waals surface area contributed by atoms with E-state index in [0.717, 1.165) is 17.0 Å². The molecule has 0 heterocycles. The second-order valence-corrected chi connectivity index (χ2v) is 5.28. The molecule has 0 saturated heterocycles. The van der Waals surface area contributed by atoms with Crippen molar-refractivity contribution in [2.75, 3.05) is 7.11 Å². The van der Waals surface area contributed by atoms with E-state index in [-0.39, 0.29) is 11.8 Å². The van der Waals surface area contributed by atoms with Gasteiger partial charge in [-0.2, -0.15) is 0 Å². The number of carbonyl (C=O) groups is 1. The highest BCUT2D eigenvalue weighted by Crippen LogP contribution is 2.17. The molecule has 0 aliphatic rings. The van der Waals surface area contributed by atoms with Crippen LogP contribution in [0.4, 0.5) is 0 Å². The van der Waals surface area contributed by atoms with Crippen LogP contribution in [0, 0.1) is 0 Å². The van der Waals surface area contributed by atoms with Crippen LogP contribution >= 0.6 is 0 Å². The van der Waals surface area contributed by atoms with Gasteiger partial charge in [0.25, 0.3) is 0 Å². The van der Waals surface area contributed by atoms with Crippen molar-refractivity contribution < 1.29 is 9.53 Å². The molecule has 2 aromatic rings. The first-order valence-electron chi connectivity index (χ1n) is 7.35. The molecule has 0 bridgehead atoms. The quantitative estimate of drug-likeness (QED) is 0.581. The SMILES string of the molecule is COc1ccc(C(=O)CC(C)=N[C@@H](C)c2ccccc2)cc1. The maximum absolute atomic E-state index is 12.3. The predicted molar refractivity (Wildman–Crippen MR) is 89.9 cm³/mol. The lowest BCUT2D eigenvalue weighted by Gasteiger charge is -2.09. The van der Waals surface area contributed by atoms with Gasteiger partial charge in [0.05, 0.1) is 13.2 Å². The molecule has 0 saturated carbocycles. The van der Waals surface area contributed by atoms with Crippen LogP contribution in [-0.2, 0) is 0 Å². The third-order valence-corrected chi connectivity index (χ3v) is 3.52. The van der Waals surface area contributed by atoms with Crippen LogP contribution in [0.3, 0.4) is 0 Å². The van der Waals surface area contributed by atoms with Crippen LogP contribution in [0.25, 0.3) is 0 Å². The number of ketones is 1. The summed E-state index contributed by atoms with van der Waals surface area (Å²) in [5.74, 6) is 0.823. The maximum Gasteiger partial charge on any atom is 0.168 e. The van der Waals surface area contributed by atoms with Gasteiger partial charge >= 0.3 is 0 Å². The lowest BCUT2D eigenvalue weighted by Crippen LogP contribution is -2.06. The van der Waals surface area contributed by atoms with E-state index in [0.29, 0.717) is 12.0 Å². The van der Waals surface area contributed by atoms with Crippen LogP contribution in [-0.4, -0.2) is 18.6 Å². The topological polar surface area (TPSA) is 38.7 Å². The molecule has 0 aliphatic heterocycles. The van der Waals surface area contributed by atoms with Gasteiger partial charge in [-0.3, -0.25) is 9.79 Å².